The van der Waals surface area contributed by atoms with Crippen LogP contribution in [0, 0.1) is 0 Å². The molecule has 1 aromatic heterocycles. The summed E-state index contributed by atoms with van der Waals surface area (Å²) in [4.78, 5) is 45.2. The lowest BCUT2D eigenvalue weighted by Crippen LogP contribution is -2.30. The van der Waals surface area contributed by atoms with Gasteiger partial charge < -0.3 is 25.4 Å². The zero-order valence-corrected chi connectivity index (χ0v) is 28.2. The number of aromatic nitrogens is 1. The largest absolute Gasteiger partial charge is 0.497 e. The second-order valence-corrected chi connectivity index (χ2v) is 12.5. The van der Waals surface area contributed by atoms with E-state index in [2.05, 4.69) is 20.9 Å². The predicted octanol–water partition coefficient (Wildman–Crippen LogP) is 7.75. The molecule has 11 heteroatoms. The number of carbonyl (C=O) groups excluding carboxylic acids is 3. The smallest absolute Gasteiger partial charge is 0.272 e. The predicted molar refractivity (Wildman–Crippen MR) is 193 cm³/mol. The highest BCUT2D eigenvalue weighted by atomic mass is 32.2. The Labute approximate surface area is 287 Å². The van der Waals surface area contributed by atoms with Crippen LogP contribution in [0.4, 0.5) is 10.8 Å². The number of rotatable bonds is 13. The molecule has 1 atom stereocenters. The number of anilines is 2. The third-order valence-electron chi connectivity index (χ3n) is 7.09. The molecule has 0 aliphatic rings. The van der Waals surface area contributed by atoms with Gasteiger partial charge in [0, 0.05) is 27.1 Å². The maximum absolute atomic E-state index is 13.5. The number of benzene rings is 4. The first kappa shape index (κ1) is 34.0. The van der Waals surface area contributed by atoms with Crippen molar-refractivity contribution in [1.82, 2.24) is 10.3 Å². The molecule has 4 aromatic carbocycles. The second-order valence-electron chi connectivity index (χ2n) is 10.4. The first-order valence-electron chi connectivity index (χ1n) is 15.1. The number of hydrogen-bond donors (Lipinski definition) is 3. The molecule has 0 aliphatic carbocycles. The Balaban J connectivity index is 1.27. The summed E-state index contributed by atoms with van der Waals surface area (Å²) >= 11 is 2.74. The first-order valence-corrected chi connectivity index (χ1v) is 16.8. The Morgan fingerprint density at radius 2 is 1.60 bits per heavy atom. The number of nitrogens with zero attached hydrogens (tertiary/aromatic N) is 1. The Morgan fingerprint density at radius 3 is 2.33 bits per heavy atom. The molecule has 1 unspecified atom stereocenters. The van der Waals surface area contributed by atoms with Gasteiger partial charge in [0.15, 0.2) is 5.13 Å². The van der Waals surface area contributed by atoms with E-state index in [1.165, 1.54) is 23.1 Å². The van der Waals surface area contributed by atoms with E-state index >= 15 is 0 Å². The van der Waals surface area contributed by atoms with Crippen LogP contribution in [-0.4, -0.2) is 42.2 Å². The summed E-state index contributed by atoms with van der Waals surface area (Å²) in [5.74, 6) is 0.315. The van der Waals surface area contributed by atoms with Gasteiger partial charge in [-0.2, -0.15) is 0 Å². The monoisotopic (exact) mass is 678 g/mol. The van der Waals surface area contributed by atoms with Crippen molar-refractivity contribution in [3.8, 4) is 22.8 Å². The SMILES string of the molecule is CCC(Sc1cccc(NC(=O)/C(=C\c2ccc(OC)cc2)NC(=O)c2ccccc2)c1)C(=O)Nc1nc(-c2cccc(OC)c2)cs1. The van der Waals surface area contributed by atoms with E-state index < -0.39 is 17.1 Å². The molecule has 0 spiro atoms. The van der Waals surface area contributed by atoms with Gasteiger partial charge in [0.1, 0.15) is 17.2 Å². The van der Waals surface area contributed by atoms with Gasteiger partial charge in [0.05, 0.1) is 25.2 Å². The van der Waals surface area contributed by atoms with Crippen molar-refractivity contribution in [2.24, 2.45) is 0 Å². The fourth-order valence-electron chi connectivity index (χ4n) is 4.57. The molecule has 5 aromatic rings. The van der Waals surface area contributed by atoms with Crippen molar-refractivity contribution >= 4 is 57.7 Å². The standard InChI is InChI=1S/C37H34N4O5S2/c1-4-33(36(44)41-37-40-32(23-47-37)26-12-8-14-29(21-26)46-3)48-30-15-9-13-27(22-30)38-35(43)31(20-24-16-18-28(45-2)19-17-24)39-34(42)25-10-6-5-7-11-25/h5-23,33H,4H2,1-3H3,(H,38,43)(H,39,42)(H,40,41,44)/b31-20+. The summed E-state index contributed by atoms with van der Waals surface area (Å²) in [5, 5.41) is 10.6. The average Bonchev–Trinajstić information content (AvgIpc) is 3.59. The number of amides is 3. The molecule has 0 saturated heterocycles. The number of thioether (sulfide) groups is 1. The van der Waals surface area contributed by atoms with Crippen LogP contribution in [0.25, 0.3) is 17.3 Å². The lowest BCUT2D eigenvalue weighted by molar-refractivity contribution is -0.116. The van der Waals surface area contributed by atoms with E-state index in [9.17, 15) is 14.4 Å². The summed E-state index contributed by atoms with van der Waals surface area (Å²) < 4.78 is 10.5. The van der Waals surface area contributed by atoms with E-state index in [0.29, 0.717) is 34.1 Å². The Bertz CT molecular complexity index is 1910. The maximum atomic E-state index is 13.5. The molecule has 1 heterocycles. The van der Waals surface area contributed by atoms with E-state index in [0.717, 1.165) is 21.9 Å². The van der Waals surface area contributed by atoms with Gasteiger partial charge in [-0.15, -0.1) is 23.1 Å². The lowest BCUT2D eigenvalue weighted by atomic mass is 10.1. The molecule has 0 radical (unpaired) electrons. The van der Waals surface area contributed by atoms with Gasteiger partial charge >= 0.3 is 0 Å². The van der Waals surface area contributed by atoms with E-state index in [1.54, 1.807) is 87.0 Å². The average molecular weight is 679 g/mol. The molecular formula is C37H34N4O5S2. The number of methoxy groups -OCH3 is 2. The van der Waals surface area contributed by atoms with Gasteiger partial charge in [0.2, 0.25) is 5.91 Å². The molecule has 0 aliphatic heterocycles. The van der Waals surface area contributed by atoms with Crippen LogP contribution in [0.3, 0.4) is 0 Å². The minimum Gasteiger partial charge on any atom is -0.497 e. The summed E-state index contributed by atoms with van der Waals surface area (Å²) in [6.45, 7) is 1.94. The highest BCUT2D eigenvalue weighted by molar-refractivity contribution is 8.00. The number of carbonyl (C=O) groups is 3. The van der Waals surface area contributed by atoms with Crippen LogP contribution >= 0.6 is 23.1 Å². The van der Waals surface area contributed by atoms with Crippen LogP contribution in [0.5, 0.6) is 11.5 Å². The van der Waals surface area contributed by atoms with Gasteiger partial charge in [-0.1, -0.05) is 55.5 Å². The van der Waals surface area contributed by atoms with E-state index in [-0.39, 0.29) is 11.6 Å². The van der Waals surface area contributed by atoms with Crippen molar-refractivity contribution in [3.05, 3.63) is 125 Å². The third kappa shape index (κ3) is 9.11. The van der Waals surface area contributed by atoms with E-state index in [1.807, 2.05) is 48.7 Å². The fourth-order valence-corrected chi connectivity index (χ4v) is 6.31. The van der Waals surface area contributed by atoms with Crippen molar-refractivity contribution in [2.45, 2.75) is 23.5 Å². The molecule has 3 N–H and O–H groups in total. The zero-order chi connectivity index (χ0) is 33.9. The molecule has 0 fully saturated rings. The molecule has 3 amide bonds. The minimum atomic E-state index is -0.502. The number of nitrogens with one attached hydrogen (secondary N) is 3. The maximum Gasteiger partial charge on any atom is 0.272 e. The Morgan fingerprint density at radius 1 is 0.854 bits per heavy atom. The first-order chi connectivity index (χ1) is 23.3. The third-order valence-corrected chi connectivity index (χ3v) is 9.20. The quantitative estimate of drug-likeness (QED) is 0.0861. The fraction of sp³-hybridized carbons (Fsp3) is 0.135. The van der Waals surface area contributed by atoms with Gasteiger partial charge in [-0.25, -0.2) is 4.98 Å². The molecule has 0 bridgehead atoms. The second kappa shape index (κ2) is 16.4. The number of hydrogen-bond acceptors (Lipinski definition) is 8. The van der Waals surface area contributed by atoms with Crippen molar-refractivity contribution < 1.29 is 23.9 Å². The summed E-state index contributed by atoms with van der Waals surface area (Å²) in [5.41, 5.74) is 3.34. The summed E-state index contributed by atoms with van der Waals surface area (Å²) in [6.07, 6.45) is 2.17. The van der Waals surface area contributed by atoms with Crippen LogP contribution in [-0.2, 0) is 9.59 Å². The number of thiazole rings is 1. The minimum absolute atomic E-state index is 0.0645. The highest BCUT2D eigenvalue weighted by Crippen LogP contribution is 2.31. The highest BCUT2D eigenvalue weighted by Gasteiger charge is 2.21. The molecule has 48 heavy (non-hydrogen) atoms. The Kier molecular flexibility index (Phi) is 11.6. The van der Waals surface area contributed by atoms with Gasteiger partial charge in [-0.05, 0) is 72.7 Å². The van der Waals surface area contributed by atoms with Crippen molar-refractivity contribution in [1.29, 1.82) is 0 Å². The Hall–Kier alpha value is -5.39. The summed E-state index contributed by atoms with van der Waals surface area (Å²) in [6, 6.07) is 30.6. The van der Waals surface area contributed by atoms with Crippen molar-refractivity contribution in [2.75, 3.05) is 24.9 Å². The topological polar surface area (TPSA) is 119 Å². The van der Waals surface area contributed by atoms with Gasteiger partial charge in [0.25, 0.3) is 11.8 Å². The van der Waals surface area contributed by atoms with Gasteiger partial charge in [-0.3, -0.25) is 14.4 Å². The normalized spacial score (nSPS) is 11.7. The lowest BCUT2D eigenvalue weighted by Gasteiger charge is -2.15. The molecule has 5 rings (SSSR count). The van der Waals surface area contributed by atoms with Crippen LogP contribution in [0.1, 0.15) is 29.3 Å². The molecule has 9 nitrogen and oxygen atoms in total. The van der Waals surface area contributed by atoms with Crippen LogP contribution in [0.2, 0.25) is 0 Å². The molecular weight excluding hydrogens is 645 g/mol. The summed E-state index contributed by atoms with van der Waals surface area (Å²) in [7, 11) is 3.19. The molecule has 244 valence electrons. The van der Waals surface area contributed by atoms with Crippen LogP contribution < -0.4 is 25.4 Å². The molecule has 0 saturated carbocycles. The number of ether oxygens (including phenoxy) is 2. The van der Waals surface area contributed by atoms with Crippen LogP contribution in [0.15, 0.2) is 119 Å². The van der Waals surface area contributed by atoms with E-state index in [4.69, 9.17) is 9.47 Å². The zero-order valence-electron chi connectivity index (χ0n) is 26.6. The van der Waals surface area contributed by atoms with Crippen molar-refractivity contribution in [3.63, 3.8) is 0 Å².